The molecule has 1 amide bonds. The number of aliphatic hydroxyl groups excluding tert-OH is 1. The van der Waals surface area contributed by atoms with Gasteiger partial charge in [-0.25, -0.2) is 19.0 Å². The van der Waals surface area contributed by atoms with Crippen molar-refractivity contribution in [2.24, 2.45) is 7.05 Å². The molecule has 1 N–H and O–H groups in total. The summed E-state index contributed by atoms with van der Waals surface area (Å²) in [6.07, 6.45) is 0.294. The van der Waals surface area contributed by atoms with Gasteiger partial charge < -0.3 is 19.5 Å². The molecule has 0 aliphatic carbocycles. The molecular weight excluding hydrogens is 513 g/mol. The number of nitrogens with zero attached hydrogens (tertiary/aromatic N) is 5. The van der Waals surface area contributed by atoms with Gasteiger partial charge in [-0.3, -0.25) is 4.79 Å². The van der Waals surface area contributed by atoms with Crippen molar-refractivity contribution in [3.63, 3.8) is 0 Å². The third kappa shape index (κ3) is 4.94. The van der Waals surface area contributed by atoms with Crippen LogP contribution in [0.5, 0.6) is 5.75 Å². The summed E-state index contributed by atoms with van der Waals surface area (Å²) < 4.78 is 28.1. The van der Waals surface area contributed by atoms with Gasteiger partial charge in [0.05, 0.1) is 24.3 Å². The van der Waals surface area contributed by atoms with Gasteiger partial charge in [-0.05, 0) is 43.7 Å². The van der Waals surface area contributed by atoms with Crippen molar-refractivity contribution in [1.29, 1.82) is 0 Å². The van der Waals surface area contributed by atoms with Crippen LogP contribution in [0.3, 0.4) is 0 Å². The Morgan fingerprint density at radius 3 is 2.89 bits per heavy atom. The fourth-order valence-corrected chi connectivity index (χ4v) is 5.05. The molecule has 11 heteroatoms. The lowest BCUT2D eigenvalue weighted by Crippen LogP contribution is -2.47. The first-order valence-corrected chi connectivity index (χ1v) is 12.5. The maximum absolute atomic E-state index is 14.5. The number of aromatic nitrogens is 4. The van der Waals surface area contributed by atoms with Gasteiger partial charge in [0.1, 0.15) is 36.1 Å². The smallest absolute Gasteiger partial charge is 0.251 e. The Kier molecular flexibility index (Phi) is 7.29. The Bertz CT molecular complexity index is 1510. The Labute approximate surface area is 223 Å². The molecule has 1 aliphatic rings. The number of aryl methyl sites for hydroxylation is 2. The first-order valence-electron chi connectivity index (χ1n) is 12.2. The van der Waals surface area contributed by atoms with Crippen LogP contribution in [-0.4, -0.2) is 61.5 Å². The number of ether oxygens (including phenoxy) is 2. The average Bonchev–Trinajstić information content (AvgIpc) is 3.32. The van der Waals surface area contributed by atoms with Crippen molar-refractivity contribution in [3.8, 4) is 17.1 Å². The highest BCUT2D eigenvalue weighted by atomic mass is 35.5. The van der Waals surface area contributed by atoms with E-state index in [0.717, 1.165) is 16.6 Å². The van der Waals surface area contributed by atoms with Crippen molar-refractivity contribution in [1.82, 2.24) is 24.6 Å². The van der Waals surface area contributed by atoms with Gasteiger partial charge >= 0.3 is 0 Å². The maximum Gasteiger partial charge on any atom is 0.251 e. The molecule has 2 atom stereocenters. The second kappa shape index (κ2) is 10.6. The van der Waals surface area contributed by atoms with Crippen molar-refractivity contribution in [2.75, 3.05) is 19.8 Å². The van der Waals surface area contributed by atoms with E-state index in [2.05, 4.69) is 10.1 Å². The number of amides is 1. The van der Waals surface area contributed by atoms with Crippen molar-refractivity contribution in [3.05, 3.63) is 70.4 Å². The van der Waals surface area contributed by atoms with Crippen LogP contribution in [0.1, 0.15) is 29.8 Å². The number of hydrogen-bond donors (Lipinski definition) is 1. The first-order chi connectivity index (χ1) is 18.2. The van der Waals surface area contributed by atoms with Crippen LogP contribution in [0.15, 0.2) is 42.7 Å². The fourth-order valence-electron chi connectivity index (χ4n) is 4.78. The van der Waals surface area contributed by atoms with E-state index in [4.69, 9.17) is 26.1 Å². The third-order valence-electron chi connectivity index (χ3n) is 6.58. The molecule has 0 spiro atoms. The van der Waals surface area contributed by atoms with Crippen molar-refractivity contribution < 1.29 is 23.8 Å². The van der Waals surface area contributed by atoms with E-state index in [0.29, 0.717) is 34.8 Å². The molecule has 198 valence electrons. The fraction of sp³-hybridized carbons (Fsp3) is 0.333. The zero-order valence-electron chi connectivity index (χ0n) is 21.2. The highest BCUT2D eigenvalue weighted by Gasteiger charge is 2.33. The Morgan fingerprint density at radius 2 is 2.16 bits per heavy atom. The monoisotopic (exact) mass is 539 g/mol. The number of carbonyl (C=O) groups excluding carboxylic acids is 1. The highest BCUT2D eigenvalue weighted by molar-refractivity contribution is 6.31. The van der Waals surface area contributed by atoms with Gasteiger partial charge in [0.15, 0.2) is 5.82 Å². The number of benzene rings is 2. The minimum atomic E-state index is -1.20. The molecule has 2 aromatic carbocycles. The number of pyridine rings is 1. The van der Waals surface area contributed by atoms with Gasteiger partial charge in [-0.1, -0.05) is 23.7 Å². The lowest BCUT2D eigenvalue weighted by atomic mass is 9.98. The number of para-hydroxylation sites is 1. The largest absolute Gasteiger partial charge is 0.487 e. The molecular formula is C27H27ClFN5O4. The topological polar surface area (TPSA) is 103 Å². The summed E-state index contributed by atoms with van der Waals surface area (Å²) in [5, 5.41) is 15.1. The summed E-state index contributed by atoms with van der Waals surface area (Å²) in [5.74, 6) is 0.203. The molecule has 2 aromatic heterocycles. The minimum absolute atomic E-state index is 0.00428. The first kappa shape index (κ1) is 26.0. The number of halogens is 2. The Balaban J connectivity index is 1.53. The van der Waals surface area contributed by atoms with E-state index < -0.39 is 23.9 Å². The van der Waals surface area contributed by atoms with E-state index in [1.165, 1.54) is 30.3 Å². The van der Waals surface area contributed by atoms with Gasteiger partial charge in [-0.2, -0.15) is 5.10 Å². The predicted octanol–water partition coefficient (Wildman–Crippen LogP) is 3.99. The van der Waals surface area contributed by atoms with Gasteiger partial charge in [0, 0.05) is 35.8 Å². The van der Waals surface area contributed by atoms with Crippen LogP contribution in [0.25, 0.3) is 22.3 Å². The van der Waals surface area contributed by atoms with Crippen molar-refractivity contribution >= 4 is 28.4 Å². The number of hydrogen-bond acceptors (Lipinski definition) is 7. The molecule has 1 saturated heterocycles. The normalized spacial score (nSPS) is 16.6. The number of carbonyl (C=O) groups is 1. The molecule has 0 bridgehead atoms. The van der Waals surface area contributed by atoms with Crippen LogP contribution in [0, 0.1) is 12.7 Å². The zero-order chi connectivity index (χ0) is 27.0. The summed E-state index contributed by atoms with van der Waals surface area (Å²) in [7, 11) is 1.82. The van der Waals surface area contributed by atoms with E-state index in [9.17, 15) is 14.3 Å². The molecule has 4 aromatic rings. The van der Waals surface area contributed by atoms with Gasteiger partial charge in [0.25, 0.3) is 5.91 Å². The van der Waals surface area contributed by atoms with Crippen LogP contribution < -0.4 is 4.74 Å². The molecule has 0 saturated carbocycles. The summed E-state index contributed by atoms with van der Waals surface area (Å²) in [6.45, 7) is 4.01. The average molecular weight is 540 g/mol. The molecule has 5 rings (SSSR count). The summed E-state index contributed by atoms with van der Waals surface area (Å²) in [6, 6.07) is 9.47. The van der Waals surface area contributed by atoms with Gasteiger partial charge in [0.2, 0.25) is 0 Å². The standard InChI is InChI=1S/C27H27ClFN5O4/c1-15-9-20(26-30-14-31-33(26)3)18-5-4-6-24(25(18)32-15)38-12-21-19(10-17(29)11-22(21)28)23-13-37-8-7-34(23)27(36)16(2)35/h4-6,9-11,14,16,23,35H,7-8,12-13H2,1-3H3/t16-,23-/m0/s1. The lowest BCUT2D eigenvalue weighted by molar-refractivity contribution is -0.148. The molecule has 38 heavy (non-hydrogen) atoms. The number of fused-ring (bicyclic) bond motifs is 1. The highest BCUT2D eigenvalue weighted by Crippen LogP contribution is 2.36. The Morgan fingerprint density at radius 1 is 1.34 bits per heavy atom. The number of aliphatic hydroxyl groups is 1. The number of rotatable bonds is 6. The molecule has 0 unspecified atom stereocenters. The third-order valence-corrected chi connectivity index (χ3v) is 6.91. The minimum Gasteiger partial charge on any atom is -0.487 e. The predicted molar refractivity (Wildman–Crippen MR) is 139 cm³/mol. The molecule has 3 heterocycles. The SMILES string of the molecule is Cc1cc(-c2ncnn2C)c2cccc(OCc3c(Cl)cc(F)cc3[C@@H]3COCCN3C(=O)[C@H](C)O)c2n1. The summed E-state index contributed by atoms with van der Waals surface area (Å²) in [5.41, 5.74) is 3.26. The lowest BCUT2D eigenvalue weighted by Gasteiger charge is -2.37. The second-order valence-corrected chi connectivity index (χ2v) is 9.62. The molecule has 1 fully saturated rings. The molecule has 0 radical (unpaired) electrons. The van der Waals surface area contributed by atoms with Crippen molar-refractivity contribution in [2.45, 2.75) is 32.6 Å². The van der Waals surface area contributed by atoms with E-state index in [1.807, 2.05) is 32.2 Å². The van der Waals surface area contributed by atoms with Crippen LogP contribution in [0.2, 0.25) is 5.02 Å². The summed E-state index contributed by atoms with van der Waals surface area (Å²) in [4.78, 5) is 23.3. The summed E-state index contributed by atoms with van der Waals surface area (Å²) >= 11 is 6.52. The molecule has 1 aliphatic heterocycles. The van der Waals surface area contributed by atoms with Crippen LogP contribution in [-0.2, 0) is 23.2 Å². The van der Waals surface area contributed by atoms with Crippen LogP contribution in [0.4, 0.5) is 4.39 Å². The second-order valence-electron chi connectivity index (χ2n) is 9.21. The van der Waals surface area contributed by atoms with Crippen LogP contribution >= 0.6 is 11.6 Å². The quantitative estimate of drug-likeness (QED) is 0.395. The Hall–Kier alpha value is -3.60. The van der Waals surface area contributed by atoms with E-state index >= 15 is 0 Å². The zero-order valence-corrected chi connectivity index (χ0v) is 21.9. The maximum atomic E-state index is 14.5. The number of morpholine rings is 1. The van der Waals surface area contributed by atoms with E-state index in [1.54, 1.807) is 10.7 Å². The molecule has 9 nitrogen and oxygen atoms in total. The van der Waals surface area contributed by atoms with E-state index in [-0.39, 0.29) is 24.8 Å². The van der Waals surface area contributed by atoms with Gasteiger partial charge in [-0.15, -0.1) is 0 Å².